The number of alkyl carbamates (subject to hydrolysis) is 2. The van der Waals surface area contributed by atoms with E-state index in [2.05, 4.69) is 70.0 Å². The van der Waals surface area contributed by atoms with Crippen LogP contribution in [0.1, 0.15) is 108 Å². The van der Waals surface area contributed by atoms with E-state index in [1.165, 1.54) is 14.2 Å². The number of likely N-dealkylation sites (tertiary alicyclic amines) is 2. The summed E-state index contributed by atoms with van der Waals surface area (Å²) >= 11 is 0. The van der Waals surface area contributed by atoms with Gasteiger partial charge in [0.25, 0.3) is 0 Å². The number of methoxy groups -OCH3 is 2. The molecule has 0 bridgehead atoms. The van der Waals surface area contributed by atoms with Crippen LogP contribution in [-0.4, -0.2) is 105 Å². The molecule has 4 amide bonds. The van der Waals surface area contributed by atoms with Gasteiger partial charge in [0.1, 0.15) is 36.1 Å². The molecule has 16 heteroatoms. The van der Waals surface area contributed by atoms with Crippen LogP contribution in [0, 0.1) is 17.8 Å². The van der Waals surface area contributed by atoms with Gasteiger partial charge in [0.05, 0.1) is 49.2 Å². The van der Waals surface area contributed by atoms with E-state index in [-0.39, 0.29) is 47.8 Å². The molecule has 2 aromatic heterocycles. The lowest BCUT2D eigenvalue weighted by Crippen LogP contribution is -2.54. The second-order valence-electron chi connectivity index (χ2n) is 19.0. The van der Waals surface area contributed by atoms with Gasteiger partial charge in [-0.05, 0) is 116 Å². The van der Waals surface area contributed by atoms with Gasteiger partial charge < -0.3 is 49.3 Å². The lowest BCUT2D eigenvalue weighted by Gasteiger charge is -2.36. The molecule has 348 valence electrons. The van der Waals surface area contributed by atoms with Crippen molar-refractivity contribution in [2.45, 2.75) is 121 Å². The van der Waals surface area contributed by atoms with Crippen molar-refractivity contribution in [2.24, 2.45) is 17.8 Å². The van der Waals surface area contributed by atoms with E-state index in [0.717, 1.165) is 106 Å². The zero-order valence-electron chi connectivity index (χ0n) is 38.4. The molecule has 0 radical (unpaired) electrons. The average molecular weight is 901 g/mol. The van der Waals surface area contributed by atoms with Gasteiger partial charge >= 0.3 is 12.2 Å². The highest BCUT2D eigenvalue weighted by Gasteiger charge is 2.50. The maximum Gasteiger partial charge on any atom is 0.407 e. The highest BCUT2D eigenvalue weighted by atomic mass is 16.5. The van der Waals surface area contributed by atoms with Gasteiger partial charge in [0.15, 0.2) is 0 Å². The summed E-state index contributed by atoms with van der Waals surface area (Å²) in [4.78, 5) is 74.8. The number of nitrogens with one attached hydrogen (secondary N) is 4. The Morgan fingerprint density at radius 2 is 1.67 bits per heavy atom. The van der Waals surface area contributed by atoms with Crippen LogP contribution in [0.2, 0.25) is 0 Å². The Morgan fingerprint density at radius 3 is 2.45 bits per heavy atom. The van der Waals surface area contributed by atoms with Crippen molar-refractivity contribution in [3.8, 4) is 28.1 Å². The summed E-state index contributed by atoms with van der Waals surface area (Å²) in [6, 6.07) is 13.0. The first-order chi connectivity index (χ1) is 32.0. The van der Waals surface area contributed by atoms with Crippen LogP contribution < -0.4 is 15.4 Å². The molecule has 66 heavy (non-hydrogen) atoms. The van der Waals surface area contributed by atoms with Crippen LogP contribution in [0.4, 0.5) is 9.59 Å². The number of H-pyrrole nitrogens is 2. The molecule has 16 nitrogen and oxygen atoms in total. The van der Waals surface area contributed by atoms with Gasteiger partial charge in [-0.15, -0.1) is 0 Å². The van der Waals surface area contributed by atoms with Crippen LogP contribution in [-0.2, 0) is 30.4 Å². The fourth-order valence-electron chi connectivity index (χ4n) is 11.6. The summed E-state index contributed by atoms with van der Waals surface area (Å²) in [5.74, 6) is 2.31. The number of hydrogen-bond donors (Lipinski definition) is 4. The number of aromatic nitrogens is 4. The number of fused-ring (bicyclic) bond motifs is 7. The average Bonchev–Trinajstić information content (AvgIpc) is 4.20. The minimum absolute atomic E-state index is 0.0280. The predicted molar refractivity (Wildman–Crippen MR) is 246 cm³/mol. The van der Waals surface area contributed by atoms with Crippen molar-refractivity contribution in [2.75, 3.05) is 27.4 Å². The maximum atomic E-state index is 14.5. The van der Waals surface area contributed by atoms with Gasteiger partial charge in [0.2, 0.25) is 11.8 Å². The first-order valence-electron chi connectivity index (χ1n) is 23.7. The highest BCUT2D eigenvalue weighted by molar-refractivity contribution is 6.07. The molecule has 0 spiro atoms. The minimum atomic E-state index is -0.714. The smallest absolute Gasteiger partial charge is 0.407 e. The van der Waals surface area contributed by atoms with Gasteiger partial charge in [-0.3, -0.25) is 9.59 Å². The number of rotatable bonds is 10. The fourth-order valence-corrected chi connectivity index (χ4v) is 11.6. The van der Waals surface area contributed by atoms with Crippen LogP contribution in [0.5, 0.6) is 5.75 Å². The largest absolute Gasteiger partial charge is 0.488 e. The Hall–Kier alpha value is -6.16. The molecule has 1 aliphatic carbocycles. The molecule has 4 fully saturated rings. The van der Waals surface area contributed by atoms with Crippen molar-refractivity contribution < 1.29 is 38.1 Å². The Bertz CT molecular complexity index is 2670. The van der Waals surface area contributed by atoms with Crippen LogP contribution in [0.3, 0.4) is 0 Å². The third kappa shape index (κ3) is 7.79. The van der Waals surface area contributed by atoms with Crippen LogP contribution >= 0.6 is 0 Å². The van der Waals surface area contributed by atoms with E-state index in [4.69, 9.17) is 28.9 Å². The quantitative estimate of drug-likeness (QED) is 0.107. The molecular weight excluding hydrogens is 841 g/mol. The SMILES string of the molecule is CC[C@H](C)[C@H](NC(=O)OC)C(=O)N1[C@H](c2nc3c(ccc4cc5c(cc43)OCc3cc(-c4cnc([C@@H]6CC[C@H](C)N6C(=O)[C@@H](NC(=O)OC)C6CCOCC6)[nH]4)ccc3-5)[nH]2)CC2CCC[C@@H]21. The highest BCUT2D eigenvalue weighted by Crippen LogP contribution is 2.49. The molecule has 5 aliphatic rings. The Balaban J connectivity index is 0.906. The number of aromatic amines is 2. The number of benzene rings is 3. The lowest BCUT2D eigenvalue weighted by atomic mass is 9.90. The summed E-state index contributed by atoms with van der Waals surface area (Å²) in [6.45, 7) is 7.55. The van der Waals surface area contributed by atoms with Crippen molar-refractivity contribution >= 4 is 45.8 Å². The Morgan fingerprint density at radius 1 is 0.864 bits per heavy atom. The number of amides is 4. The molecule has 1 unspecified atom stereocenters. The third-order valence-corrected chi connectivity index (χ3v) is 15.3. The maximum absolute atomic E-state index is 14.5. The Kier molecular flexibility index (Phi) is 11.9. The minimum Gasteiger partial charge on any atom is -0.488 e. The van der Waals surface area contributed by atoms with E-state index in [9.17, 15) is 19.2 Å². The monoisotopic (exact) mass is 900 g/mol. The van der Waals surface area contributed by atoms with Crippen molar-refractivity contribution in [3.63, 3.8) is 0 Å². The van der Waals surface area contributed by atoms with E-state index < -0.39 is 24.3 Å². The summed E-state index contributed by atoms with van der Waals surface area (Å²) in [6.07, 6.45) is 8.18. The van der Waals surface area contributed by atoms with Gasteiger partial charge in [-0.2, -0.15) is 0 Å². The summed E-state index contributed by atoms with van der Waals surface area (Å²) in [5, 5.41) is 7.69. The van der Waals surface area contributed by atoms with E-state index in [0.29, 0.717) is 44.4 Å². The van der Waals surface area contributed by atoms with Crippen LogP contribution in [0.25, 0.3) is 44.2 Å². The number of carbonyl (C=O) groups is 4. The summed E-state index contributed by atoms with van der Waals surface area (Å²) in [7, 11) is 2.64. The molecular formula is C50H60N8O8. The topological polar surface area (TPSA) is 193 Å². The fraction of sp³-hybridized carbons (Fsp3) is 0.520. The molecule has 6 heterocycles. The molecule has 8 atom stereocenters. The zero-order chi connectivity index (χ0) is 45.8. The number of hydrogen-bond acceptors (Lipinski definition) is 10. The molecule has 3 saturated heterocycles. The molecule has 4 aliphatic heterocycles. The Labute approximate surface area is 383 Å². The summed E-state index contributed by atoms with van der Waals surface area (Å²) in [5.41, 5.74) is 6.66. The predicted octanol–water partition coefficient (Wildman–Crippen LogP) is 8.08. The first-order valence-corrected chi connectivity index (χ1v) is 23.7. The molecule has 4 N–H and O–H groups in total. The molecule has 5 aromatic rings. The van der Waals surface area contributed by atoms with Gasteiger partial charge in [0, 0.05) is 36.2 Å². The van der Waals surface area contributed by atoms with Crippen molar-refractivity contribution in [1.82, 2.24) is 40.4 Å². The van der Waals surface area contributed by atoms with E-state index in [1.807, 2.05) is 29.8 Å². The zero-order valence-corrected chi connectivity index (χ0v) is 38.4. The third-order valence-electron chi connectivity index (χ3n) is 15.3. The van der Waals surface area contributed by atoms with E-state index in [1.54, 1.807) is 0 Å². The van der Waals surface area contributed by atoms with Crippen LogP contribution in [0.15, 0.2) is 48.7 Å². The van der Waals surface area contributed by atoms with Gasteiger partial charge in [-0.25, -0.2) is 19.6 Å². The molecule has 10 rings (SSSR count). The van der Waals surface area contributed by atoms with Crippen molar-refractivity contribution in [3.05, 3.63) is 65.9 Å². The number of ether oxygens (including phenoxy) is 4. The standard InChI is InChI=1S/C50H60N8O8/c1-6-26(2)42(55-49(61)63-4)47(59)58-38-9-7-8-31(38)22-40(58)46-52-36-14-12-29-21-35-33-13-11-30(20-32(33)25-66-41(35)23-34(29)44(36)54-46)37-24-51-45(53-37)39-15-10-27(3)57(39)48(60)43(56-50(62)64-5)28-16-18-65-19-17-28/h11-14,20-21,23-24,26-28,31,38-40,42-43H,6-10,15-19,22,25H2,1-5H3,(H,51,53)(H,52,54)(H,55,61)(H,56,62)/t26-,27-,31?,38-,39-,40-,42-,43-/m0/s1. The number of nitrogens with zero attached hydrogens (tertiary/aromatic N) is 4. The molecule has 3 aromatic carbocycles. The molecule has 1 saturated carbocycles. The summed E-state index contributed by atoms with van der Waals surface area (Å²) < 4.78 is 21.9. The number of imidazole rings is 2. The lowest BCUT2D eigenvalue weighted by molar-refractivity contribution is -0.139. The van der Waals surface area contributed by atoms with Gasteiger partial charge in [-0.1, -0.05) is 44.9 Å². The normalized spacial score (nSPS) is 24.0. The van der Waals surface area contributed by atoms with E-state index >= 15 is 0 Å². The first kappa shape index (κ1) is 43.7. The second-order valence-corrected chi connectivity index (χ2v) is 19.0. The second kappa shape index (κ2) is 17.9. The van der Waals surface area contributed by atoms with Crippen molar-refractivity contribution in [1.29, 1.82) is 0 Å². The number of carbonyl (C=O) groups excluding carboxylic acids is 4.